The fourth-order valence-electron chi connectivity index (χ4n) is 3.85. The van der Waals surface area contributed by atoms with Crippen LogP contribution in [0.3, 0.4) is 0 Å². The number of hydrogen-bond acceptors (Lipinski definition) is 7. The number of aromatic nitrogens is 2. The smallest absolute Gasteiger partial charge is 0.410 e. The van der Waals surface area contributed by atoms with Gasteiger partial charge in [0.2, 0.25) is 0 Å². The van der Waals surface area contributed by atoms with Crippen molar-refractivity contribution in [2.24, 2.45) is 7.05 Å². The molecule has 0 unspecified atom stereocenters. The zero-order chi connectivity index (χ0) is 23.1. The molecule has 2 atom stereocenters. The first kappa shape index (κ1) is 22.1. The molecule has 2 aromatic rings. The third kappa shape index (κ3) is 4.04. The molecule has 0 N–H and O–H groups in total. The van der Waals surface area contributed by atoms with Gasteiger partial charge in [-0.2, -0.15) is 10.5 Å². The standard InChI is InChI=1S/C22H26N6O3/c1-13-12-28(21(30)31-22(3,4)5)14(2)11-27(13)19-16(10-24)20(29)26(6)17-8-7-15(9-23)25-18(17)19/h7-8,13-14H,11-12H2,1-6H3/t13-,14+/m0/s1. The highest BCUT2D eigenvalue weighted by Gasteiger charge is 2.37. The van der Waals surface area contributed by atoms with Crippen LogP contribution in [0.4, 0.5) is 10.5 Å². The number of carbonyl (C=O) groups excluding carboxylic acids is 1. The Hall–Kier alpha value is -3.59. The van der Waals surface area contributed by atoms with E-state index in [0.29, 0.717) is 29.8 Å². The van der Waals surface area contributed by atoms with E-state index >= 15 is 0 Å². The number of aryl methyl sites for hydroxylation is 1. The highest BCUT2D eigenvalue weighted by molar-refractivity contribution is 5.92. The molecule has 1 fully saturated rings. The van der Waals surface area contributed by atoms with Crippen molar-refractivity contribution in [1.29, 1.82) is 10.5 Å². The van der Waals surface area contributed by atoms with Gasteiger partial charge < -0.3 is 19.1 Å². The van der Waals surface area contributed by atoms with Gasteiger partial charge in [-0.05, 0) is 46.8 Å². The Bertz CT molecular complexity index is 1180. The number of carbonyl (C=O) groups is 1. The van der Waals surface area contributed by atoms with Gasteiger partial charge in [-0.15, -0.1) is 0 Å². The van der Waals surface area contributed by atoms with Gasteiger partial charge in [-0.1, -0.05) is 0 Å². The van der Waals surface area contributed by atoms with Crippen molar-refractivity contribution in [1.82, 2.24) is 14.5 Å². The molecule has 162 valence electrons. The summed E-state index contributed by atoms with van der Waals surface area (Å²) in [5.41, 5.74) is 0.499. The summed E-state index contributed by atoms with van der Waals surface area (Å²) in [7, 11) is 1.58. The maximum Gasteiger partial charge on any atom is 0.410 e. The molecule has 31 heavy (non-hydrogen) atoms. The molecule has 1 saturated heterocycles. The Morgan fingerprint density at radius 2 is 1.84 bits per heavy atom. The van der Waals surface area contributed by atoms with Crippen LogP contribution in [0.5, 0.6) is 0 Å². The second-order valence-electron chi connectivity index (χ2n) is 8.86. The van der Waals surface area contributed by atoms with Crippen molar-refractivity contribution in [2.45, 2.75) is 52.3 Å². The maximum absolute atomic E-state index is 12.9. The van der Waals surface area contributed by atoms with Crippen LogP contribution in [0, 0.1) is 22.7 Å². The van der Waals surface area contributed by atoms with Crippen molar-refractivity contribution < 1.29 is 9.53 Å². The van der Waals surface area contributed by atoms with E-state index in [1.54, 1.807) is 24.1 Å². The highest BCUT2D eigenvalue weighted by atomic mass is 16.6. The molecule has 0 spiro atoms. The van der Waals surface area contributed by atoms with Gasteiger partial charge in [0, 0.05) is 32.2 Å². The minimum Gasteiger partial charge on any atom is -0.444 e. The monoisotopic (exact) mass is 422 g/mol. The fraction of sp³-hybridized carbons (Fsp3) is 0.500. The molecule has 9 nitrogen and oxygen atoms in total. The summed E-state index contributed by atoms with van der Waals surface area (Å²) in [6, 6.07) is 6.82. The van der Waals surface area contributed by atoms with Gasteiger partial charge in [0.15, 0.2) is 0 Å². The number of nitrogens with zero attached hydrogens (tertiary/aromatic N) is 6. The van der Waals surface area contributed by atoms with Crippen LogP contribution in [0.2, 0.25) is 0 Å². The van der Waals surface area contributed by atoms with E-state index in [4.69, 9.17) is 4.74 Å². The fourth-order valence-corrected chi connectivity index (χ4v) is 3.85. The van der Waals surface area contributed by atoms with E-state index in [1.165, 1.54) is 4.57 Å². The molecule has 0 aliphatic carbocycles. The maximum atomic E-state index is 12.9. The molecule has 2 aromatic heterocycles. The van der Waals surface area contributed by atoms with E-state index in [0.717, 1.165) is 0 Å². The lowest BCUT2D eigenvalue weighted by Crippen LogP contribution is -2.59. The van der Waals surface area contributed by atoms with Gasteiger partial charge in [-0.3, -0.25) is 4.79 Å². The number of nitriles is 2. The number of ether oxygens (including phenoxy) is 1. The number of fused-ring (bicyclic) bond motifs is 1. The molecule has 3 heterocycles. The lowest BCUT2D eigenvalue weighted by Gasteiger charge is -2.45. The minimum atomic E-state index is -0.607. The summed E-state index contributed by atoms with van der Waals surface area (Å²) in [4.78, 5) is 33.6. The van der Waals surface area contributed by atoms with E-state index in [-0.39, 0.29) is 23.3 Å². The first-order chi connectivity index (χ1) is 14.5. The molecule has 0 aromatic carbocycles. The quantitative estimate of drug-likeness (QED) is 0.693. The topological polar surface area (TPSA) is 115 Å². The van der Waals surface area contributed by atoms with Gasteiger partial charge in [0.05, 0.1) is 11.2 Å². The zero-order valence-electron chi connectivity index (χ0n) is 18.6. The van der Waals surface area contributed by atoms with Crippen molar-refractivity contribution in [3.8, 4) is 12.1 Å². The van der Waals surface area contributed by atoms with E-state index in [1.807, 2.05) is 51.7 Å². The molecule has 3 rings (SSSR count). The van der Waals surface area contributed by atoms with Gasteiger partial charge in [0.25, 0.3) is 5.56 Å². The summed E-state index contributed by atoms with van der Waals surface area (Å²) in [6.45, 7) is 10.0. The lowest BCUT2D eigenvalue weighted by atomic mass is 10.0. The third-order valence-electron chi connectivity index (χ3n) is 5.34. The first-order valence-electron chi connectivity index (χ1n) is 10.1. The predicted molar refractivity (Wildman–Crippen MR) is 116 cm³/mol. The van der Waals surface area contributed by atoms with Crippen molar-refractivity contribution in [3.05, 3.63) is 33.7 Å². The lowest BCUT2D eigenvalue weighted by molar-refractivity contribution is 0.0130. The SMILES string of the molecule is C[C@@H]1CN(c2c(C#N)c(=O)n(C)c3ccc(C#N)nc23)[C@@H](C)CN1C(=O)OC(C)(C)C. The second-order valence-corrected chi connectivity index (χ2v) is 8.86. The third-order valence-corrected chi connectivity index (χ3v) is 5.34. The molecule has 0 saturated carbocycles. The normalized spacial score (nSPS) is 19.1. The van der Waals surface area contributed by atoms with Gasteiger partial charge in [0.1, 0.15) is 34.5 Å². The summed E-state index contributed by atoms with van der Waals surface area (Å²) in [5.74, 6) is 0. The number of anilines is 1. The molecule has 1 amide bonds. The van der Waals surface area contributed by atoms with Crippen LogP contribution >= 0.6 is 0 Å². The van der Waals surface area contributed by atoms with E-state index < -0.39 is 17.3 Å². The van der Waals surface area contributed by atoms with Crippen LogP contribution < -0.4 is 10.5 Å². The summed E-state index contributed by atoms with van der Waals surface area (Å²) < 4.78 is 6.90. The summed E-state index contributed by atoms with van der Waals surface area (Å²) in [5, 5.41) is 19.1. The Labute approximate surface area is 181 Å². The van der Waals surface area contributed by atoms with Crippen molar-refractivity contribution in [2.75, 3.05) is 18.0 Å². The van der Waals surface area contributed by atoms with Crippen LogP contribution in [0.25, 0.3) is 11.0 Å². The number of piperazine rings is 1. The number of hydrogen-bond donors (Lipinski definition) is 0. The summed E-state index contributed by atoms with van der Waals surface area (Å²) in [6.07, 6.45) is -0.397. The van der Waals surface area contributed by atoms with Gasteiger partial charge in [-0.25, -0.2) is 9.78 Å². The Kier molecular flexibility index (Phi) is 5.64. The molecule has 0 radical (unpaired) electrons. The second kappa shape index (κ2) is 7.92. The van der Waals surface area contributed by atoms with E-state index in [2.05, 4.69) is 4.98 Å². The average Bonchev–Trinajstić information content (AvgIpc) is 2.70. The first-order valence-corrected chi connectivity index (χ1v) is 10.1. The largest absolute Gasteiger partial charge is 0.444 e. The molecule has 1 aliphatic rings. The number of pyridine rings is 2. The van der Waals surface area contributed by atoms with Crippen LogP contribution in [0.15, 0.2) is 16.9 Å². The number of amides is 1. The summed E-state index contributed by atoms with van der Waals surface area (Å²) >= 11 is 0. The van der Waals surface area contributed by atoms with Gasteiger partial charge >= 0.3 is 6.09 Å². The predicted octanol–water partition coefficient (Wildman–Crippen LogP) is 2.51. The molecule has 9 heteroatoms. The molecular weight excluding hydrogens is 396 g/mol. The Morgan fingerprint density at radius 3 is 2.42 bits per heavy atom. The van der Waals surface area contributed by atoms with Crippen LogP contribution in [-0.4, -0.2) is 51.3 Å². The van der Waals surface area contributed by atoms with E-state index in [9.17, 15) is 20.1 Å². The number of rotatable bonds is 1. The minimum absolute atomic E-state index is 0.0256. The Balaban J connectivity index is 2.11. The Morgan fingerprint density at radius 1 is 1.16 bits per heavy atom. The van der Waals surface area contributed by atoms with Crippen molar-refractivity contribution in [3.63, 3.8) is 0 Å². The highest BCUT2D eigenvalue weighted by Crippen LogP contribution is 2.32. The zero-order valence-corrected chi connectivity index (χ0v) is 18.6. The van der Waals surface area contributed by atoms with Crippen molar-refractivity contribution >= 4 is 22.8 Å². The van der Waals surface area contributed by atoms with Crippen LogP contribution in [0.1, 0.15) is 45.9 Å². The average molecular weight is 422 g/mol. The molecular formula is C22H26N6O3. The molecule has 0 bridgehead atoms. The molecule has 1 aliphatic heterocycles. The van der Waals surface area contributed by atoms with Crippen LogP contribution in [-0.2, 0) is 11.8 Å².